The van der Waals surface area contributed by atoms with Crippen LogP contribution in [-0.2, 0) is 9.53 Å². The van der Waals surface area contributed by atoms with Crippen molar-refractivity contribution in [3.8, 4) is 0 Å². The summed E-state index contributed by atoms with van der Waals surface area (Å²) in [5, 5.41) is 21.6. The zero-order chi connectivity index (χ0) is 21.3. The molecule has 0 aromatic heterocycles. The Bertz CT molecular complexity index is 590. The van der Waals surface area contributed by atoms with Crippen molar-refractivity contribution in [2.75, 3.05) is 58.8 Å². The lowest BCUT2D eigenvalue weighted by atomic mass is 10.1. The number of hydrogen-bond donors (Lipinski definition) is 3. The molecular weight excluding hydrogens is 410 g/mol. The van der Waals surface area contributed by atoms with Gasteiger partial charge in [-0.1, -0.05) is 21.6 Å². The molecule has 0 saturated carbocycles. The number of rotatable bonds is 11. The smallest absolute Gasteiger partial charge is 0.222 e. The molecule has 0 aromatic rings. The lowest BCUT2D eigenvalue weighted by Gasteiger charge is -2.35. The van der Waals surface area contributed by atoms with Gasteiger partial charge in [-0.25, -0.2) is 0 Å². The number of amides is 1. The first-order valence-corrected chi connectivity index (χ1v) is 12.7. The van der Waals surface area contributed by atoms with Gasteiger partial charge in [0.1, 0.15) is 12.4 Å². The van der Waals surface area contributed by atoms with Crippen LogP contribution >= 0.6 is 21.6 Å². The highest BCUT2D eigenvalue weighted by atomic mass is 33.1. The van der Waals surface area contributed by atoms with Crippen LogP contribution in [0.15, 0.2) is 23.6 Å². The van der Waals surface area contributed by atoms with Crippen molar-refractivity contribution < 1.29 is 19.7 Å². The van der Waals surface area contributed by atoms with Gasteiger partial charge in [0, 0.05) is 55.7 Å². The van der Waals surface area contributed by atoms with Crippen molar-refractivity contribution in [2.45, 2.75) is 37.5 Å². The van der Waals surface area contributed by atoms with Crippen LogP contribution in [0, 0.1) is 0 Å². The second-order valence-electron chi connectivity index (χ2n) is 7.91. The molecule has 2 rings (SSSR count). The molecule has 0 aliphatic carbocycles. The predicted octanol–water partition coefficient (Wildman–Crippen LogP) is 1.44. The lowest BCUT2D eigenvalue weighted by Crippen LogP contribution is -2.49. The van der Waals surface area contributed by atoms with E-state index in [1.165, 1.54) is 0 Å². The van der Waals surface area contributed by atoms with Gasteiger partial charge < -0.3 is 25.2 Å². The second-order valence-corrected chi connectivity index (χ2v) is 11.0. The Morgan fingerprint density at radius 2 is 2.03 bits per heavy atom. The molecule has 1 saturated heterocycles. The van der Waals surface area contributed by atoms with Gasteiger partial charge in [-0.05, 0) is 32.6 Å². The topological polar surface area (TPSA) is 85.3 Å². The van der Waals surface area contributed by atoms with Gasteiger partial charge in [0.25, 0.3) is 0 Å². The summed E-state index contributed by atoms with van der Waals surface area (Å²) in [6.45, 7) is 8.80. The number of aliphatic hydroxyl groups is 2. The first kappa shape index (κ1) is 24.4. The van der Waals surface area contributed by atoms with Crippen molar-refractivity contribution in [1.82, 2.24) is 15.1 Å². The molecule has 2 heterocycles. The quantitative estimate of drug-likeness (QED) is 0.412. The van der Waals surface area contributed by atoms with Crippen LogP contribution in [0.5, 0.6) is 0 Å². The summed E-state index contributed by atoms with van der Waals surface area (Å²) in [5.74, 6) is 0.929. The molecule has 3 N–H and O–H groups in total. The fraction of sp³-hybridized carbons (Fsp3) is 0.750. The molecule has 0 aromatic carbocycles. The molecule has 1 fully saturated rings. The van der Waals surface area contributed by atoms with E-state index in [9.17, 15) is 15.0 Å². The van der Waals surface area contributed by atoms with E-state index in [0.717, 1.165) is 39.1 Å². The number of carbonyl (C=O) groups is 1. The number of dihydropyridines is 1. The summed E-state index contributed by atoms with van der Waals surface area (Å²) in [4.78, 5) is 16.8. The van der Waals surface area contributed by atoms with E-state index < -0.39 is 0 Å². The average molecular weight is 446 g/mol. The van der Waals surface area contributed by atoms with Crippen molar-refractivity contribution in [1.29, 1.82) is 0 Å². The maximum atomic E-state index is 12.5. The van der Waals surface area contributed by atoms with Gasteiger partial charge in [-0.15, -0.1) is 0 Å². The largest absolute Gasteiger partial charge is 0.492 e. The molecule has 2 aliphatic heterocycles. The summed E-state index contributed by atoms with van der Waals surface area (Å²) >= 11 is 0. The third-order valence-corrected chi connectivity index (χ3v) is 7.75. The minimum Gasteiger partial charge on any atom is -0.492 e. The summed E-state index contributed by atoms with van der Waals surface area (Å²) in [6, 6.07) is -0.231. The Balaban J connectivity index is 1.67. The third kappa shape index (κ3) is 8.41. The van der Waals surface area contributed by atoms with E-state index >= 15 is 0 Å². The molecule has 2 aliphatic rings. The molecule has 1 amide bonds. The maximum absolute atomic E-state index is 12.5. The van der Waals surface area contributed by atoms with Gasteiger partial charge in [0.05, 0.1) is 19.3 Å². The zero-order valence-electron chi connectivity index (χ0n) is 17.7. The Labute approximate surface area is 182 Å². The minimum atomic E-state index is -0.231. The summed E-state index contributed by atoms with van der Waals surface area (Å²) in [7, 11) is 3.58. The van der Waals surface area contributed by atoms with E-state index in [4.69, 9.17) is 4.74 Å². The molecule has 7 nitrogen and oxygen atoms in total. The number of allylic oxidation sites excluding steroid dienone is 1. The SMILES string of the molecule is CSSC(C)(C)CCC(=O)N1CCN(CCOC2=CC(CO)NC(CO)=C2)CC1. The van der Waals surface area contributed by atoms with Crippen LogP contribution in [0.25, 0.3) is 0 Å². The van der Waals surface area contributed by atoms with E-state index in [1.807, 2.05) is 21.8 Å². The minimum absolute atomic E-state index is 0.0483. The van der Waals surface area contributed by atoms with Crippen LogP contribution in [0.2, 0.25) is 0 Å². The molecule has 9 heteroatoms. The predicted molar refractivity (Wildman–Crippen MR) is 121 cm³/mol. The van der Waals surface area contributed by atoms with Gasteiger partial charge in [0.2, 0.25) is 5.91 Å². The number of aliphatic hydroxyl groups excluding tert-OH is 2. The molecule has 1 unspecified atom stereocenters. The lowest BCUT2D eigenvalue weighted by molar-refractivity contribution is -0.133. The van der Waals surface area contributed by atoms with Crippen LogP contribution in [-0.4, -0.2) is 95.5 Å². The number of piperazine rings is 1. The van der Waals surface area contributed by atoms with E-state index in [1.54, 1.807) is 16.9 Å². The molecule has 0 radical (unpaired) electrons. The third-order valence-electron chi connectivity index (χ3n) is 5.07. The molecule has 1 atom stereocenters. The maximum Gasteiger partial charge on any atom is 0.222 e. The zero-order valence-corrected chi connectivity index (χ0v) is 19.4. The van der Waals surface area contributed by atoms with E-state index in [2.05, 4.69) is 30.3 Å². The monoisotopic (exact) mass is 445 g/mol. The van der Waals surface area contributed by atoms with E-state index in [0.29, 0.717) is 24.5 Å². The summed E-state index contributed by atoms with van der Waals surface area (Å²) in [5.41, 5.74) is 0.646. The Morgan fingerprint density at radius 1 is 1.31 bits per heavy atom. The fourth-order valence-corrected chi connectivity index (χ4v) is 5.61. The highest BCUT2D eigenvalue weighted by molar-refractivity contribution is 8.76. The highest BCUT2D eigenvalue weighted by Gasteiger charge is 2.24. The van der Waals surface area contributed by atoms with E-state index in [-0.39, 0.29) is 29.9 Å². The number of ether oxygens (including phenoxy) is 1. The number of hydrogen-bond acceptors (Lipinski definition) is 8. The van der Waals surface area contributed by atoms with Crippen molar-refractivity contribution in [2.24, 2.45) is 0 Å². The van der Waals surface area contributed by atoms with Gasteiger partial charge in [-0.2, -0.15) is 0 Å². The average Bonchev–Trinajstić information content (AvgIpc) is 2.72. The highest BCUT2D eigenvalue weighted by Crippen LogP contribution is 2.37. The van der Waals surface area contributed by atoms with Gasteiger partial charge >= 0.3 is 0 Å². The fourth-order valence-electron chi connectivity index (χ4n) is 3.37. The Hall–Kier alpha value is -0.870. The van der Waals surface area contributed by atoms with Crippen molar-refractivity contribution in [3.05, 3.63) is 23.6 Å². The molecule has 166 valence electrons. The summed E-state index contributed by atoms with van der Waals surface area (Å²) in [6.07, 6.45) is 7.17. The van der Waals surface area contributed by atoms with Crippen molar-refractivity contribution >= 4 is 27.5 Å². The Kier molecular flexibility index (Phi) is 10.2. The molecular formula is C20H35N3O4S2. The summed E-state index contributed by atoms with van der Waals surface area (Å²) < 4.78 is 5.94. The van der Waals surface area contributed by atoms with Crippen LogP contribution < -0.4 is 5.32 Å². The molecule has 0 bridgehead atoms. The normalized spacial score (nSPS) is 20.7. The molecule has 29 heavy (non-hydrogen) atoms. The number of nitrogens with one attached hydrogen (secondary N) is 1. The van der Waals surface area contributed by atoms with Crippen LogP contribution in [0.1, 0.15) is 26.7 Å². The van der Waals surface area contributed by atoms with Crippen LogP contribution in [0.4, 0.5) is 0 Å². The van der Waals surface area contributed by atoms with Gasteiger partial charge in [-0.3, -0.25) is 9.69 Å². The number of carbonyl (C=O) groups excluding carboxylic acids is 1. The standard InChI is InChI=1S/C20H35N3O4S2/c1-20(2,29-28-3)5-4-19(26)23-8-6-22(7-9-23)10-11-27-18-12-16(14-24)21-17(13-18)15-25/h12-13,16,21,24-25H,4-11,14-15H2,1-3H3. The Morgan fingerprint density at radius 3 is 2.66 bits per heavy atom. The number of nitrogens with zero attached hydrogens (tertiary/aromatic N) is 2. The van der Waals surface area contributed by atoms with Crippen LogP contribution in [0.3, 0.4) is 0 Å². The first-order chi connectivity index (χ1) is 13.9. The van der Waals surface area contributed by atoms with Gasteiger partial charge in [0.15, 0.2) is 0 Å². The van der Waals surface area contributed by atoms with Crippen molar-refractivity contribution in [3.63, 3.8) is 0 Å². The first-order valence-electron chi connectivity index (χ1n) is 10.1. The second kappa shape index (κ2) is 12.1. The molecule has 0 spiro atoms.